The Morgan fingerprint density at radius 1 is 1.26 bits per heavy atom. The van der Waals surface area contributed by atoms with E-state index in [1.165, 1.54) is 0 Å². The number of nitrogens with zero attached hydrogens (tertiary/aromatic N) is 1. The molecule has 1 fully saturated rings. The number of aliphatic imine (C=N–C) groups is 1. The number of benzene rings is 1. The minimum Gasteiger partial charge on any atom is -0.407 e. The first-order chi connectivity index (χ1) is 14.3. The fourth-order valence-electron chi connectivity index (χ4n) is 5.07. The number of H-pyrrole nitrogens is 1. The molecule has 4 N–H and O–H groups in total. The van der Waals surface area contributed by atoms with Gasteiger partial charge in [-0.2, -0.15) is 0 Å². The van der Waals surface area contributed by atoms with Crippen LogP contribution in [0.2, 0.25) is 0 Å². The van der Waals surface area contributed by atoms with E-state index >= 15 is 0 Å². The Hall–Kier alpha value is -2.68. The molecule has 0 amide bonds. The summed E-state index contributed by atoms with van der Waals surface area (Å²) in [5.41, 5.74) is 8.06. The van der Waals surface area contributed by atoms with E-state index in [-0.39, 0.29) is 34.6 Å². The normalized spacial score (nSPS) is 24.2. The largest absolute Gasteiger partial charge is 0.407 e. The average Bonchev–Trinajstić information content (AvgIpc) is 3.18. The van der Waals surface area contributed by atoms with Crippen LogP contribution < -0.4 is 5.73 Å². The van der Waals surface area contributed by atoms with Gasteiger partial charge in [-0.05, 0) is 42.0 Å². The van der Waals surface area contributed by atoms with Crippen LogP contribution in [0.25, 0.3) is 10.9 Å². The zero-order valence-corrected chi connectivity index (χ0v) is 19.0. The third-order valence-corrected chi connectivity index (χ3v) is 7.94. The lowest BCUT2D eigenvalue weighted by Crippen LogP contribution is -2.39. The topological polar surface area (TPSA) is 138 Å². The number of carbonyl (C=O) groups is 1. The summed E-state index contributed by atoms with van der Waals surface area (Å²) in [7, 11) is -3.08. The molecule has 166 valence electrons. The Balaban J connectivity index is 1.64. The fourth-order valence-corrected chi connectivity index (χ4v) is 6.69. The molecule has 1 atom stereocenters. The van der Waals surface area contributed by atoms with E-state index in [2.05, 4.69) is 23.8 Å². The zero-order chi connectivity index (χ0) is 22.8. The number of Topliss-reactive ketones (excluding diaryl/α,β-unsaturated/α-hetero) is 1. The quantitative estimate of drug-likeness (QED) is 0.483. The average molecular weight is 445 g/mol. The lowest BCUT2D eigenvalue weighted by atomic mass is 9.63. The third kappa shape index (κ3) is 3.86. The van der Waals surface area contributed by atoms with Gasteiger partial charge in [0.25, 0.3) is 6.02 Å². The van der Waals surface area contributed by atoms with Crippen LogP contribution in [0, 0.1) is 10.8 Å². The van der Waals surface area contributed by atoms with Crippen molar-refractivity contribution < 1.29 is 17.9 Å². The maximum atomic E-state index is 13.0. The number of carbonyl (C=O) groups excluding carboxylic acids is 1. The van der Waals surface area contributed by atoms with Gasteiger partial charge in [-0.25, -0.2) is 13.4 Å². The van der Waals surface area contributed by atoms with Gasteiger partial charge in [0.2, 0.25) is 5.90 Å². The van der Waals surface area contributed by atoms with E-state index in [1.54, 1.807) is 6.07 Å². The molecule has 0 spiro atoms. The van der Waals surface area contributed by atoms with Crippen molar-refractivity contribution in [2.75, 3.05) is 11.5 Å². The number of rotatable bonds is 2. The molecule has 1 saturated heterocycles. The van der Waals surface area contributed by atoms with Gasteiger partial charge >= 0.3 is 0 Å². The standard InChI is InChI=1S/C22H28N4O4S/c1-21(2)11-22(3,4)18(27)17-16(21)14-9-12(5-6-15(14)26-17)19(23)30-20(24)25-13-7-8-31(28,29)10-13/h5-6,9,13,23,26H,7-8,10-11H2,1-4H3,(H2,24,25). The molecule has 9 heteroatoms. The lowest BCUT2D eigenvalue weighted by molar-refractivity contribution is 0.0760. The van der Waals surface area contributed by atoms with Crippen molar-refractivity contribution in [3.63, 3.8) is 0 Å². The molecule has 0 radical (unpaired) electrons. The Kier molecular flexibility index (Phi) is 4.81. The molecule has 0 bridgehead atoms. The number of hydrogen-bond donors (Lipinski definition) is 3. The van der Waals surface area contributed by atoms with Crippen molar-refractivity contribution in [3.05, 3.63) is 35.0 Å². The summed E-state index contributed by atoms with van der Waals surface area (Å²) in [6.07, 6.45) is 1.13. The number of fused-ring (bicyclic) bond motifs is 3. The minimum absolute atomic E-state index is 0.0503. The smallest absolute Gasteiger partial charge is 0.289 e. The van der Waals surface area contributed by atoms with E-state index < -0.39 is 21.3 Å². The van der Waals surface area contributed by atoms with Crippen LogP contribution >= 0.6 is 0 Å². The molecule has 4 rings (SSSR count). The third-order valence-electron chi connectivity index (χ3n) is 6.19. The van der Waals surface area contributed by atoms with E-state index in [0.29, 0.717) is 17.7 Å². The van der Waals surface area contributed by atoms with Gasteiger partial charge < -0.3 is 15.5 Å². The number of aromatic amines is 1. The molecule has 2 aromatic rings. The number of ether oxygens (including phenoxy) is 1. The summed E-state index contributed by atoms with van der Waals surface area (Å²) >= 11 is 0. The molecular weight excluding hydrogens is 416 g/mol. The molecule has 1 aromatic heterocycles. The number of amidine groups is 1. The van der Waals surface area contributed by atoms with Gasteiger partial charge in [0.15, 0.2) is 15.6 Å². The van der Waals surface area contributed by atoms with Crippen LogP contribution in [-0.4, -0.2) is 48.7 Å². The number of sulfone groups is 1. The SMILES string of the molecule is CC1(C)CC(C)(C)c2c([nH]c3ccc(C(=N)OC(N)=NC4CCS(=O)(=O)C4)cc23)C1=O. The van der Waals surface area contributed by atoms with Gasteiger partial charge in [-0.1, -0.05) is 27.7 Å². The van der Waals surface area contributed by atoms with E-state index in [4.69, 9.17) is 15.9 Å². The Labute approximate surface area is 181 Å². The lowest BCUT2D eigenvalue weighted by Gasteiger charge is -2.39. The highest BCUT2D eigenvalue weighted by atomic mass is 32.2. The first-order valence-corrected chi connectivity index (χ1v) is 12.1. The van der Waals surface area contributed by atoms with E-state index in [9.17, 15) is 13.2 Å². The molecule has 8 nitrogen and oxygen atoms in total. The highest BCUT2D eigenvalue weighted by molar-refractivity contribution is 7.91. The van der Waals surface area contributed by atoms with E-state index in [0.717, 1.165) is 22.9 Å². The molecule has 1 unspecified atom stereocenters. The second-order valence-corrected chi connectivity index (χ2v) is 12.1. The number of aromatic nitrogens is 1. The van der Waals surface area contributed by atoms with Crippen LogP contribution in [0.3, 0.4) is 0 Å². The summed E-state index contributed by atoms with van der Waals surface area (Å²) < 4.78 is 28.5. The summed E-state index contributed by atoms with van der Waals surface area (Å²) in [6.45, 7) is 8.19. The van der Waals surface area contributed by atoms with Crippen LogP contribution in [0.15, 0.2) is 23.2 Å². The van der Waals surface area contributed by atoms with Crippen LogP contribution in [0.5, 0.6) is 0 Å². The predicted molar refractivity (Wildman–Crippen MR) is 121 cm³/mol. The Morgan fingerprint density at radius 2 is 1.97 bits per heavy atom. The van der Waals surface area contributed by atoms with Crippen molar-refractivity contribution in [2.24, 2.45) is 16.1 Å². The van der Waals surface area contributed by atoms with Crippen molar-refractivity contribution in [1.29, 1.82) is 5.41 Å². The molecular formula is C22H28N4O4S. The second-order valence-electron chi connectivity index (χ2n) is 9.86. The Bertz CT molecular complexity index is 1240. The van der Waals surface area contributed by atoms with Crippen molar-refractivity contribution >= 4 is 38.4 Å². The highest BCUT2D eigenvalue weighted by Crippen LogP contribution is 2.48. The van der Waals surface area contributed by atoms with Gasteiger partial charge in [0.05, 0.1) is 23.2 Å². The predicted octanol–water partition coefficient (Wildman–Crippen LogP) is 2.90. The summed E-state index contributed by atoms with van der Waals surface area (Å²) in [6, 6.07) is 4.72. The summed E-state index contributed by atoms with van der Waals surface area (Å²) in [5, 5.41) is 9.19. The van der Waals surface area contributed by atoms with Crippen LogP contribution in [-0.2, 0) is 20.0 Å². The maximum absolute atomic E-state index is 13.0. The van der Waals surface area contributed by atoms with Gasteiger partial charge in [0.1, 0.15) is 0 Å². The zero-order valence-electron chi connectivity index (χ0n) is 18.2. The Morgan fingerprint density at radius 3 is 2.61 bits per heavy atom. The fraction of sp³-hybridized carbons (Fsp3) is 0.500. The van der Waals surface area contributed by atoms with Gasteiger partial charge in [-0.15, -0.1) is 0 Å². The molecule has 1 aromatic carbocycles. The van der Waals surface area contributed by atoms with Crippen molar-refractivity contribution in [1.82, 2.24) is 4.98 Å². The van der Waals surface area contributed by atoms with E-state index in [1.807, 2.05) is 26.0 Å². The highest BCUT2D eigenvalue weighted by Gasteiger charge is 2.45. The first-order valence-electron chi connectivity index (χ1n) is 10.3. The van der Waals surface area contributed by atoms with Gasteiger partial charge in [0, 0.05) is 21.9 Å². The van der Waals surface area contributed by atoms with Crippen molar-refractivity contribution in [3.8, 4) is 0 Å². The van der Waals surface area contributed by atoms with Gasteiger partial charge in [-0.3, -0.25) is 10.2 Å². The molecule has 0 saturated carbocycles. The number of nitrogens with one attached hydrogen (secondary N) is 2. The van der Waals surface area contributed by atoms with Crippen molar-refractivity contribution in [2.45, 2.75) is 52.0 Å². The monoisotopic (exact) mass is 444 g/mol. The summed E-state index contributed by atoms with van der Waals surface area (Å²) in [5.74, 6) is -0.0503. The molecule has 2 heterocycles. The summed E-state index contributed by atoms with van der Waals surface area (Å²) in [4.78, 5) is 20.4. The second kappa shape index (κ2) is 6.91. The molecule has 1 aliphatic carbocycles. The molecule has 31 heavy (non-hydrogen) atoms. The maximum Gasteiger partial charge on any atom is 0.289 e. The number of ketones is 1. The molecule has 2 aliphatic rings. The first kappa shape index (κ1) is 21.5. The van der Waals surface area contributed by atoms with Crippen LogP contribution in [0.1, 0.15) is 62.2 Å². The number of hydrogen-bond acceptors (Lipinski definition) is 6. The van der Waals surface area contributed by atoms with Crippen LogP contribution in [0.4, 0.5) is 0 Å². The minimum atomic E-state index is -3.08. The number of nitrogens with two attached hydrogens (primary N) is 1. The molecule has 1 aliphatic heterocycles.